The minimum absolute atomic E-state index is 0.267. The number of aromatic nitrogens is 7. The lowest BCUT2D eigenvalue weighted by atomic mass is 9.96. The number of aryl methyl sites for hydroxylation is 1. The maximum absolute atomic E-state index is 12.3. The summed E-state index contributed by atoms with van der Waals surface area (Å²) in [5.74, 6) is 2.24. The smallest absolute Gasteiger partial charge is 0.349 e. The van der Waals surface area contributed by atoms with Gasteiger partial charge >= 0.3 is 5.69 Å². The van der Waals surface area contributed by atoms with Gasteiger partial charge in [0.1, 0.15) is 17.3 Å². The third-order valence-corrected chi connectivity index (χ3v) is 4.32. The number of pyridine rings is 2. The van der Waals surface area contributed by atoms with Crippen molar-refractivity contribution in [2.75, 3.05) is 0 Å². The lowest BCUT2D eigenvalue weighted by Crippen LogP contribution is -2.17. The lowest BCUT2D eigenvalue weighted by Gasteiger charge is -2.13. The highest BCUT2D eigenvalue weighted by Gasteiger charge is 2.20. The van der Waals surface area contributed by atoms with Crippen molar-refractivity contribution in [3.63, 3.8) is 0 Å². The van der Waals surface area contributed by atoms with Gasteiger partial charge in [-0.3, -0.25) is 15.1 Å². The minimum atomic E-state index is -0.325. The number of nitrogens with one attached hydrogen (secondary N) is 2. The summed E-state index contributed by atoms with van der Waals surface area (Å²) in [6.45, 7) is 7.77. The molecule has 0 aliphatic rings. The number of H-pyrrole nitrogens is 2. The van der Waals surface area contributed by atoms with E-state index < -0.39 is 0 Å². The first kappa shape index (κ1) is 18.6. The second-order valence-electron chi connectivity index (χ2n) is 7.66. The van der Waals surface area contributed by atoms with Crippen LogP contribution in [0.15, 0.2) is 47.7 Å². The van der Waals surface area contributed by atoms with Gasteiger partial charge < -0.3 is 4.74 Å². The third-order valence-electron chi connectivity index (χ3n) is 4.32. The van der Waals surface area contributed by atoms with E-state index in [0.29, 0.717) is 28.8 Å². The molecule has 0 aliphatic heterocycles. The SMILES string of the molecule is Cc1nc(-n2nc(C(C)(C)C)[nH]c2=O)ccc1Oc1ccnc(-c2cn[nH]c2)c1. The quantitative estimate of drug-likeness (QED) is 0.552. The highest BCUT2D eigenvalue weighted by Crippen LogP contribution is 2.27. The Morgan fingerprint density at radius 1 is 1.17 bits per heavy atom. The second-order valence-corrected chi connectivity index (χ2v) is 7.66. The van der Waals surface area contributed by atoms with E-state index in [1.165, 1.54) is 4.68 Å². The van der Waals surface area contributed by atoms with E-state index in [2.05, 4.69) is 30.2 Å². The van der Waals surface area contributed by atoms with Gasteiger partial charge in [-0.25, -0.2) is 9.78 Å². The van der Waals surface area contributed by atoms with Crippen molar-refractivity contribution in [1.82, 2.24) is 34.9 Å². The van der Waals surface area contributed by atoms with Crippen LogP contribution in [-0.2, 0) is 5.41 Å². The van der Waals surface area contributed by atoms with Crippen LogP contribution in [-0.4, -0.2) is 34.9 Å². The van der Waals surface area contributed by atoms with Crippen molar-refractivity contribution in [1.29, 1.82) is 0 Å². The van der Waals surface area contributed by atoms with Gasteiger partial charge in [-0.1, -0.05) is 20.8 Å². The number of hydrogen-bond donors (Lipinski definition) is 2. The van der Waals surface area contributed by atoms with Crippen molar-refractivity contribution >= 4 is 0 Å². The van der Waals surface area contributed by atoms with Gasteiger partial charge in [0, 0.05) is 29.4 Å². The molecule has 0 aliphatic carbocycles. The van der Waals surface area contributed by atoms with E-state index in [4.69, 9.17) is 4.74 Å². The summed E-state index contributed by atoms with van der Waals surface area (Å²) >= 11 is 0. The van der Waals surface area contributed by atoms with E-state index in [9.17, 15) is 4.79 Å². The zero-order chi connectivity index (χ0) is 20.6. The summed E-state index contributed by atoms with van der Waals surface area (Å²) in [6.07, 6.45) is 5.13. The minimum Gasteiger partial charge on any atom is -0.455 e. The molecular weight excluding hydrogens is 370 g/mol. The van der Waals surface area contributed by atoms with Gasteiger partial charge in [-0.05, 0) is 25.1 Å². The Balaban J connectivity index is 1.61. The third kappa shape index (κ3) is 3.79. The summed E-state index contributed by atoms with van der Waals surface area (Å²) in [5.41, 5.74) is 1.66. The van der Waals surface area contributed by atoms with Crippen molar-refractivity contribution in [2.24, 2.45) is 0 Å². The predicted octanol–water partition coefficient (Wildman–Crippen LogP) is 3.14. The Bertz CT molecular complexity index is 1200. The summed E-state index contributed by atoms with van der Waals surface area (Å²) in [4.78, 5) is 23.9. The van der Waals surface area contributed by atoms with E-state index in [1.807, 2.05) is 33.8 Å². The Labute approximate surface area is 166 Å². The Kier molecular flexibility index (Phi) is 4.50. The molecule has 4 aromatic heterocycles. The van der Waals surface area contributed by atoms with Gasteiger partial charge in [0.25, 0.3) is 0 Å². The summed E-state index contributed by atoms with van der Waals surface area (Å²) in [6, 6.07) is 7.07. The van der Waals surface area contributed by atoms with Crippen LogP contribution in [0.3, 0.4) is 0 Å². The molecule has 29 heavy (non-hydrogen) atoms. The first-order valence-corrected chi connectivity index (χ1v) is 9.12. The molecule has 0 aromatic carbocycles. The summed E-state index contributed by atoms with van der Waals surface area (Å²) in [7, 11) is 0. The van der Waals surface area contributed by atoms with Gasteiger partial charge in [0.05, 0.1) is 17.6 Å². The number of nitrogens with zero attached hydrogens (tertiary/aromatic N) is 5. The molecule has 4 heterocycles. The highest BCUT2D eigenvalue weighted by molar-refractivity contribution is 5.58. The van der Waals surface area contributed by atoms with Crippen molar-refractivity contribution in [2.45, 2.75) is 33.1 Å². The topological polar surface area (TPSA) is 114 Å². The molecule has 4 aromatic rings. The second kappa shape index (κ2) is 7.01. The molecule has 0 unspecified atom stereocenters. The van der Waals surface area contributed by atoms with Crippen LogP contribution in [0.1, 0.15) is 32.3 Å². The molecule has 0 saturated carbocycles. The average molecular weight is 391 g/mol. The molecule has 0 spiro atoms. The fraction of sp³-hybridized carbons (Fsp3) is 0.250. The molecular formula is C20H21N7O2. The number of hydrogen-bond acceptors (Lipinski definition) is 6. The van der Waals surface area contributed by atoms with E-state index in [0.717, 1.165) is 11.3 Å². The zero-order valence-corrected chi connectivity index (χ0v) is 16.6. The monoisotopic (exact) mass is 391 g/mol. The van der Waals surface area contributed by atoms with Gasteiger partial charge in [0.2, 0.25) is 0 Å². The number of rotatable bonds is 4. The molecule has 0 saturated heterocycles. The summed E-state index contributed by atoms with van der Waals surface area (Å²) in [5, 5.41) is 11.1. The highest BCUT2D eigenvalue weighted by atomic mass is 16.5. The molecule has 9 nitrogen and oxygen atoms in total. The molecule has 0 amide bonds. The molecule has 2 N–H and O–H groups in total. The van der Waals surface area contributed by atoms with Crippen LogP contribution in [0.4, 0.5) is 0 Å². The number of ether oxygens (including phenoxy) is 1. The first-order valence-electron chi connectivity index (χ1n) is 9.12. The average Bonchev–Trinajstić information content (AvgIpc) is 3.33. The van der Waals surface area contributed by atoms with Crippen molar-refractivity contribution < 1.29 is 4.74 Å². The fourth-order valence-corrected chi connectivity index (χ4v) is 2.73. The van der Waals surface area contributed by atoms with Crippen molar-refractivity contribution in [3.05, 3.63) is 64.9 Å². The Morgan fingerprint density at radius 3 is 2.66 bits per heavy atom. The van der Waals surface area contributed by atoms with Crippen LogP contribution < -0.4 is 10.4 Å². The van der Waals surface area contributed by atoms with Gasteiger partial charge in [-0.15, -0.1) is 5.10 Å². The van der Waals surface area contributed by atoms with Crippen LogP contribution >= 0.6 is 0 Å². The van der Waals surface area contributed by atoms with E-state index in [1.54, 1.807) is 36.8 Å². The summed E-state index contributed by atoms with van der Waals surface area (Å²) < 4.78 is 7.24. The molecule has 0 fully saturated rings. The number of aromatic amines is 2. The fourth-order valence-electron chi connectivity index (χ4n) is 2.73. The van der Waals surface area contributed by atoms with E-state index in [-0.39, 0.29) is 11.1 Å². The molecule has 9 heteroatoms. The standard InChI is InChI=1S/C20H21N7O2/c1-12-16(29-14-7-8-21-15(9-14)13-10-22-23-11-13)5-6-17(24-12)27-19(28)25-18(26-27)20(2,3)4/h5-11H,1-4H3,(H,22,23)(H,25,26,28). The van der Waals surface area contributed by atoms with Crippen LogP contribution in [0, 0.1) is 6.92 Å². The molecule has 0 bridgehead atoms. The lowest BCUT2D eigenvalue weighted by molar-refractivity contribution is 0.474. The molecule has 4 rings (SSSR count). The normalized spacial score (nSPS) is 11.6. The first-order chi connectivity index (χ1) is 13.8. The van der Waals surface area contributed by atoms with Crippen molar-refractivity contribution in [3.8, 4) is 28.6 Å². The molecule has 0 radical (unpaired) electrons. The Hall–Kier alpha value is -3.75. The van der Waals surface area contributed by atoms with Crippen LogP contribution in [0.5, 0.6) is 11.5 Å². The van der Waals surface area contributed by atoms with Gasteiger partial charge in [-0.2, -0.15) is 9.78 Å². The predicted molar refractivity (Wildman–Crippen MR) is 107 cm³/mol. The maximum Gasteiger partial charge on any atom is 0.349 e. The van der Waals surface area contributed by atoms with Crippen LogP contribution in [0.25, 0.3) is 17.1 Å². The molecule has 148 valence electrons. The van der Waals surface area contributed by atoms with Gasteiger partial charge in [0.15, 0.2) is 5.82 Å². The molecule has 0 atom stereocenters. The largest absolute Gasteiger partial charge is 0.455 e. The Morgan fingerprint density at radius 2 is 2.00 bits per heavy atom. The maximum atomic E-state index is 12.3. The zero-order valence-electron chi connectivity index (χ0n) is 16.6. The van der Waals surface area contributed by atoms with Crippen LogP contribution in [0.2, 0.25) is 0 Å². The van der Waals surface area contributed by atoms with E-state index >= 15 is 0 Å².